The fourth-order valence-corrected chi connectivity index (χ4v) is 1.50. The van der Waals surface area contributed by atoms with Crippen molar-refractivity contribution < 1.29 is 0 Å². The number of nitrogens with two attached hydrogens (primary N) is 1. The third-order valence-electron chi connectivity index (χ3n) is 2.32. The van der Waals surface area contributed by atoms with Crippen LogP contribution in [0.3, 0.4) is 0 Å². The summed E-state index contributed by atoms with van der Waals surface area (Å²) in [6.07, 6.45) is 0. The first kappa shape index (κ1) is 8.09. The van der Waals surface area contributed by atoms with Gasteiger partial charge in [-0.15, -0.1) is 0 Å². The first-order valence-corrected chi connectivity index (χ1v) is 4.32. The van der Waals surface area contributed by atoms with E-state index in [0.717, 1.165) is 17.8 Å². The maximum absolute atomic E-state index is 8.85. The van der Waals surface area contributed by atoms with E-state index in [1.807, 2.05) is 24.3 Å². The molecular formula is C10H11N3. The zero-order chi connectivity index (χ0) is 9.26. The molecule has 0 aromatic heterocycles. The van der Waals surface area contributed by atoms with Crippen molar-refractivity contribution in [1.29, 1.82) is 5.26 Å². The number of nitrogens with zero attached hydrogens (tertiary/aromatic N) is 2. The monoisotopic (exact) mass is 173 g/mol. The quantitative estimate of drug-likeness (QED) is 0.670. The van der Waals surface area contributed by atoms with Crippen molar-refractivity contribution in [2.24, 2.45) is 5.73 Å². The lowest BCUT2D eigenvalue weighted by atomic mass is 10.2. The molecule has 0 radical (unpaired) electrons. The Bertz CT molecular complexity index is 353. The maximum Gasteiger partial charge on any atom is 0.101 e. The summed E-state index contributed by atoms with van der Waals surface area (Å²) < 4.78 is 0. The number of nitriles is 1. The lowest BCUT2D eigenvalue weighted by Crippen LogP contribution is -2.12. The number of anilines is 1. The van der Waals surface area contributed by atoms with Gasteiger partial charge in [-0.05, 0) is 12.1 Å². The van der Waals surface area contributed by atoms with E-state index in [1.54, 1.807) is 0 Å². The fourth-order valence-electron chi connectivity index (χ4n) is 1.50. The Labute approximate surface area is 77.4 Å². The second-order valence-corrected chi connectivity index (χ2v) is 3.17. The van der Waals surface area contributed by atoms with Gasteiger partial charge < -0.3 is 10.6 Å². The van der Waals surface area contributed by atoms with E-state index < -0.39 is 0 Å². The van der Waals surface area contributed by atoms with E-state index in [2.05, 4.69) is 11.0 Å². The number of para-hydroxylation sites is 1. The van der Waals surface area contributed by atoms with Crippen LogP contribution in [0.15, 0.2) is 24.3 Å². The van der Waals surface area contributed by atoms with Crippen LogP contribution < -0.4 is 10.6 Å². The van der Waals surface area contributed by atoms with Crippen molar-refractivity contribution in [3.63, 3.8) is 0 Å². The Morgan fingerprint density at radius 2 is 2.31 bits per heavy atom. The van der Waals surface area contributed by atoms with Crippen LogP contribution in [0, 0.1) is 11.3 Å². The highest BCUT2D eigenvalue weighted by molar-refractivity contribution is 5.63. The van der Waals surface area contributed by atoms with Gasteiger partial charge in [0.2, 0.25) is 0 Å². The van der Waals surface area contributed by atoms with Crippen molar-refractivity contribution in [2.45, 2.75) is 6.04 Å². The minimum atomic E-state index is 0.439. The molecule has 1 aromatic carbocycles. The molecule has 1 atom stereocenters. The fraction of sp³-hybridized carbons (Fsp3) is 0.300. The van der Waals surface area contributed by atoms with Crippen LogP contribution in [-0.2, 0) is 0 Å². The highest BCUT2D eigenvalue weighted by Gasteiger charge is 2.33. The Kier molecular flexibility index (Phi) is 1.91. The lowest BCUT2D eigenvalue weighted by molar-refractivity contribution is 0.966. The molecule has 66 valence electrons. The first-order valence-electron chi connectivity index (χ1n) is 4.32. The molecule has 0 bridgehead atoms. The van der Waals surface area contributed by atoms with Crippen LogP contribution in [0.25, 0.3) is 0 Å². The lowest BCUT2D eigenvalue weighted by Gasteiger charge is -2.05. The summed E-state index contributed by atoms with van der Waals surface area (Å²) in [4.78, 5) is 2.15. The SMILES string of the molecule is N#Cc1ccccc1N1CC1CN. The predicted molar refractivity (Wildman–Crippen MR) is 51.3 cm³/mol. The van der Waals surface area contributed by atoms with Gasteiger partial charge in [0, 0.05) is 13.1 Å². The molecule has 13 heavy (non-hydrogen) atoms. The molecule has 2 rings (SSSR count). The largest absolute Gasteiger partial charge is 0.362 e. The molecule has 0 spiro atoms. The van der Waals surface area contributed by atoms with Crippen LogP contribution in [0.1, 0.15) is 5.56 Å². The van der Waals surface area contributed by atoms with Crippen molar-refractivity contribution in [2.75, 3.05) is 18.0 Å². The molecular weight excluding hydrogens is 162 g/mol. The topological polar surface area (TPSA) is 52.8 Å². The third-order valence-corrected chi connectivity index (χ3v) is 2.32. The molecule has 3 heteroatoms. The van der Waals surface area contributed by atoms with Gasteiger partial charge in [0.15, 0.2) is 0 Å². The molecule has 1 aliphatic heterocycles. The van der Waals surface area contributed by atoms with Crippen molar-refractivity contribution in [3.05, 3.63) is 29.8 Å². The van der Waals surface area contributed by atoms with Gasteiger partial charge in [-0.25, -0.2) is 0 Å². The maximum atomic E-state index is 8.85. The highest BCUT2D eigenvalue weighted by Crippen LogP contribution is 2.29. The summed E-state index contributed by atoms with van der Waals surface area (Å²) in [6, 6.07) is 10.2. The number of hydrogen-bond acceptors (Lipinski definition) is 3. The van der Waals surface area contributed by atoms with Gasteiger partial charge in [-0.1, -0.05) is 12.1 Å². The Balaban J connectivity index is 2.27. The van der Waals surface area contributed by atoms with Gasteiger partial charge in [0.1, 0.15) is 6.07 Å². The van der Waals surface area contributed by atoms with Crippen LogP contribution in [-0.4, -0.2) is 19.1 Å². The molecule has 1 unspecified atom stereocenters. The zero-order valence-corrected chi connectivity index (χ0v) is 7.27. The van der Waals surface area contributed by atoms with Gasteiger partial charge in [0.05, 0.1) is 17.3 Å². The highest BCUT2D eigenvalue weighted by atomic mass is 15.3. The van der Waals surface area contributed by atoms with E-state index in [0.29, 0.717) is 12.6 Å². The minimum absolute atomic E-state index is 0.439. The van der Waals surface area contributed by atoms with E-state index in [4.69, 9.17) is 11.0 Å². The van der Waals surface area contributed by atoms with E-state index >= 15 is 0 Å². The Morgan fingerprint density at radius 3 is 2.92 bits per heavy atom. The number of rotatable bonds is 2. The molecule has 1 aliphatic rings. The number of benzene rings is 1. The average molecular weight is 173 g/mol. The van der Waals surface area contributed by atoms with Crippen molar-refractivity contribution >= 4 is 5.69 Å². The van der Waals surface area contributed by atoms with Gasteiger partial charge in [-0.2, -0.15) is 5.26 Å². The second kappa shape index (κ2) is 3.08. The van der Waals surface area contributed by atoms with Gasteiger partial charge in [-0.3, -0.25) is 0 Å². The van der Waals surface area contributed by atoms with Crippen LogP contribution >= 0.6 is 0 Å². The van der Waals surface area contributed by atoms with Gasteiger partial charge >= 0.3 is 0 Å². The molecule has 0 amide bonds. The van der Waals surface area contributed by atoms with Gasteiger partial charge in [0.25, 0.3) is 0 Å². The number of hydrogen-bond donors (Lipinski definition) is 1. The van der Waals surface area contributed by atoms with Crippen LogP contribution in [0.2, 0.25) is 0 Å². The van der Waals surface area contributed by atoms with Crippen LogP contribution in [0.4, 0.5) is 5.69 Å². The van der Waals surface area contributed by atoms with Crippen molar-refractivity contribution in [3.8, 4) is 6.07 Å². The Morgan fingerprint density at radius 1 is 1.54 bits per heavy atom. The second-order valence-electron chi connectivity index (χ2n) is 3.17. The molecule has 0 saturated carbocycles. The average Bonchev–Trinajstić information content (AvgIpc) is 2.96. The smallest absolute Gasteiger partial charge is 0.101 e. The normalized spacial score (nSPS) is 19.7. The summed E-state index contributed by atoms with van der Waals surface area (Å²) in [5.41, 5.74) is 7.28. The third kappa shape index (κ3) is 1.36. The van der Waals surface area contributed by atoms with Crippen molar-refractivity contribution in [1.82, 2.24) is 0 Å². The van der Waals surface area contributed by atoms with Crippen LogP contribution in [0.5, 0.6) is 0 Å². The summed E-state index contributed by atoms with van der Waals surface area (Å²) in [7, 11) is 0. The van der Waals surface area contributed by atoms with E-state index in [-0.39, 0.29) is 0 Å². The molecule has 1 heterocycles. The molecule has 3 nitrogen and oxygen atoms in total. The summed E-state index contributed by atoms with van der Waals surface area (Å²) in [5, 5.41) is 8.85. The molecule has 1 saturated heterocycles. The first-order chi connectivity index (χ1) is 6.36. The Hall–Kier alpha value is -1.53. The molecule has 1 fully saturated rings. The molecule has 2 N–H and O–H groups in total. The summed E-state index contributed by atoms with van der Waals surface area (Å²) >= 11 is 0. The predicted octanol–water partition coefficient (Wildman–Crippen LogP) is 0.706. The summed E-state index contributed by atoms with van der Waals surface area (Å²) in [6.45, 7) is 1.65. The molecule has 1 aromatic rings. The summed E-state index contributed by atoms with van der Waals surface area (Å²) in [5.74, 6) is 0. The van der Waals surface area contributed by atoms with E-state index in [9.17, 15) is 0 Å². The molecule has 0 aliphatic carbocycles. The standard InChI is InChI=1S/C10H11N3/c11-5-8-3-1-2-4-10(8)13-7-9(13)6-12/h1-4,9H,6-7,12H2. The minimum Gasteiger partial charge on any atom is -0.362 e. The van der Waals surface area contributed by atoms with E-state index in [1.165, 1.54) is 0 Å². The zero-order valence-electron chi connectivity index (χ0n) is 7.27.